The molecule has 94 valence electrons. The highest BCUT2D eigenvalue weighted by atomic mass is 16.3. The molecule has 0 aromatic heterocycles. The third kappa shape index (κ3) is 6.10. The first kappa shape index (κ1) is 13.8. The van der Waals surface area contributed by atoms with Crippen LogP contribution in [0.15, 0.2) is 30.3 Å². The SMILES string of the molecule is CCCC1CCC(=O)CC1.Oc1ccccc1. The molecule has 2 rings (SSSR count). The number of Topliss-reactive ketones (excluding diaryl/α,β-unsaturated/α-hetero) is 1. The number of para-hydroxylation sites is 1. The lowest BCUT2D eigenvalue weighted by Crippen LogP contribution is -2.13. The molecule has 1 aliphatic rings. The Morgan fingerprint density at radius 1 is 1.18 bits per heavy atom. The topological polar surface area (TPSA) is 37.3 Å². The third-order valence-electron chi connectivity index (χ3n) is 3.12. The summed E-state index contributed by atoms with van der Waals surface area (Å²) in [7, 11) is 0. The van der Waals surface area contributed by atoms with Crippen LogP contribution in [-0.4, -0.2) is 10.9 Å². The lowest BCUT2D eigenvalue weighted by molar-refractivity contribution is -0.121. The molecule has 1 saturated carbocycles. The van der Waals surface area contributed by atoms with E-state index in [1.165, 1.54) is 12.8 Å². The quantitative estimate of drug-likeness (QED) is 0.841. The van der Waals surface area contributed by atoms with E-state index in [1.54, 1.807) is 24.3 Å². The van der Waals surface area contributed by atoms with Crippen LogP contribution >= 0.6 is 0 Å². The van der Waals surface area contributed by atoms with E-state index in [0.717, 1.165) is 31.6 Å². The molecule has 1 fully saturated rings. The van der Waals surface area contributed by atoms with Crippen LogP contribution in [0, 0.1) is 5.92 Å². The van der Waals surface area contributed by atoms with E-state index in [9.17, 15) is 4.79 Å². The fraction of sp³-hybridized carbons (Fsp3) is 0.533. The number of carbonyl (C=O) groups is 1. The van der Waals surface area contributed by atoms with Gasteiger partial charge in [-0.3, -0.25) is 4.79 Å². The Morgan fingerprint density at radius 2 is 1.76 bits per heavy atom. The van der Waals surface area contributed by atoms with Crippen LogP contribution in [0.5, 0.6) is 5.75 Å². The van der Waals surface area contributed by atoms with Crippen molar-refractivity contribution in [3.63, 3.8) is 0 Å². The number of carbonyl (C=O) groups excluding carboxylic acids is 1. The minimum Gasteiger partial charge on any atom is -0.508 e. The Labute approximate surface area is 104 Å². The van der Waals surface area contributed by atoms with Crippen LogP contribution in [0.25, 0.3) is 0 Å². The van der Waals surface area contributed by atoms with Crippen molar-refractivity contribution in [2.75, 3.05) is 0 Å². The number of phenolic OH excluding ortho intramolecular Hbond substituents is 1. The largest absolute Gasteiger partial charge is 0.508 e. The van der Waals surface area contributed by atoms with Crippen molar-refractivity contribution < 1.29 is 9.90 Å². The van der Waals surface area contributed by atoms with Crippen molar-refractivity contribution >= 4 is 5.78 Å². The van der Waals surface area contributed by atoms with Gasteiger partial charge in [-0.15, -0.1) is 0 Å². The number of aromatic hydroxyl groups is 1. The van der Waals surface area contributed by atoms with Crippen LogP contribution < -0.4 is 0 Å². The zero-order valence-electron chi connectivity index (χ0n) is 10.6. The van der Waals surface area contributed by atoms with Crippen LogP contribution in [0.2, 0.25) is 0 Å². The van der Waals surface area contributed by atoms with Gasteiger partial charge in [0, 0.05) is 12.8 Å². The molecular formula is C15H22O2. The first-order valence-electron chi connectivity index (χ1n) is 6.48. The van der Waals surface area contributed by atoms with Gasteiger partial charge >= 0.3 is 0 Å². The summed E-state index contributed by atoms with van der Waals surface area (Å²) in [6.07, 6.45) is 6.63. The average Bonchev–Trinajstić information content (AvgIpc) is 2.34. The molecule has 0 spiro atoms. The van der Waals surface area contributed by atoms with E-state index in [0.29, 0.717) is 11.5 Å². The molecular weight excluding hydrogens is 212 g/mol. The van der Waals surface area contributed by atoms with Gasteiger partial charge in [-0.25, -0.2) is 0 Å². The molecule has 0 aliphatic heterocycles. The number of hydrogen-bond acceptors (Lipinski definition) is 2. The van der Waals surface area contributed by atoms with E-state index in [1.807, 2.05) is 6.07 Å². The molecule has 0 atom stereocenters. The standard InChI is InChI=1S/C9H16O.C6H6O/c1-2-3-8-4-6-9(10)7-5-8;7-6-4-2-1-3-5-6/h8H,2-7H2,1H3;1-5,7H. The van der Waals surface area contributed by atoms with Gasteiger partial charge in [0.1, 0.15) is 11.5 Å². The van der Waals surface area contributed by atoms with Crippen molar-refractivity contribution in [1.29, 1.82) is 0 Å². The van der Waals surface area contributed by atoms with Gasteiger partial charge in [-0.05, 0) is 30.9 Å². The maximum absolute atomic E-state index is 10.8. The molecule has 0 amide bonds. The zero-order valence-corrected chi connectivity index (χ0v) is 10.6. The van der Waals surface area contributed by atoms with Crippen molar-refractivity contribution in [3.05, 3.63) is 30.3 Å². The lowest BCUT2D eigenvalue weighted by Gasteiger charge is -2.19. The summed E-state index contributed by atoms with van der Waals surface area (Å²) in [5, 5.41) is 8.63. The van der Waals surface area contributed by atoms with Gasteiger partial charge in [0.25, 0.3) is 0 Å². The molecule has 2 heteroatoms. The van der Waals surface area contributed by atoms with Gasteiger partial charge in [0.15, 0.2) is 0 Å². The highest BCUT2D eigenvalue weighted by molar-refractivity contribution is 5.78. The number of rotatable bonds is 2. The molecule has 0 heterocycles. The molecule has 0 saturated heterocycles. The van der Waals surface area contributed by atoms with E-state index >= 15 is 0 Å². The van der Waals surface area contributed by atoms with Gasteiger partial charge in [-0.2, -0.15) is 0 Å². The van der Waals surface area contributed by atoms with Crippen LogP contribution in [0.1, 0.15) is 45.4 Å². The molecule has 1 aliphatic carbocycles. The van der Waals surface area contributed by atoms with Gasteiger partial charge < -0.3 is 5.11 Å². The highest BCUT2D eigenvalue weighted by Gasteiger charge is 2.16. The van der Waals surface area contributed by atoms with Crippen molar-refractivity contribution in [3.8, 4) is 5.75 Å². The molecule has 17 heavy (non-hydrogen) atoms. The first-order valence-corrected chi connectivity index (χ1v) is 6.48. The van der Waals surface area contributed by atoms with E-state index in [4.69, 9.17) is 5.11 Å². The summed E-state index contributed by atoms with van der Waals surface area (Å²) in [5.41, 5.74) is 0. The minimum absolute atomic E-state index is 0.322. The second-order valence-electron chi connectivity index (χ2n) is 4.61. The van der Waals surface area contributed by atoms with Gasteiger partial charge in [0.2, 0.25) is 0 Å². The molecule has 0 radical (unpaired) electrons. The highest BCUT2D eigenvalue weighted by Crippen LogP contribution is 2.24. The van der Waals surface area contributed by atoms with Crippen molar-refractivity contribution in [1.82, 2.24) is 0 Å². The summed E-state index contributed by atoms with van der Waals surface area (Å²) in [5.74, 6) is 1.66. The molecule has 0 bridgehead atoms. The Morgan fingerprint density at radius 3 is 2.18 bits per heavy atom. The van der Waals surface area contributed by atoms with E-state index in [-0.39, 0.29) is 0 Å². The molecule has 1 aromatic rings. The van der Waals surface area contributed by atoms with Crippen LogP contribution in [0.4, 0.5) is 0 Å². The predicted molar refractivity (Wildman–Crippen MR) is 70.0 cm³/mol. The average molecular weight is 234 g/mol. The summed E-state index contributed by atoms with van der Waals surface area (Å²) in [4.78, 5) is 10.8. The molecule has 0 unspecified atom stereocenters. The summed E-state index contributed by atoms with van der Waals surface area (Å²) in [6, 6.07) is 8.71. The normalized spacial score (nSPS) is 16.2. The zero-order chi connectivity index (χ0) is 12.5. The number of ketones is 1. The Bertz CT molecular complexity index is 309. The van der Waals surface area contributed by atoms with Crippen LogP contribution in [0.3, 0.4) is 0 Å². The second-order valence-corrected chi connectivity index (χ2v) is 4.61. The fourth-order valence-electron chi connectivity index (χ4n) is 2.12. The smallest absolute Gasteiger partial charge is 0.132 e. The minimum atomic E-state index is 0.322. The molecule has 2 nitrogen and oxygen atoms in total. The summed E-state index contributed by atoms with van der Waals surface area (Å²) in [6.45, 7) is 2.22. The van der Waals surface area contributed by atoms with Gasteiger partial charge in [-0.1, -0.05) is 38.0 Å². The number of phenols is 1. The maximum Gasteiger partial charge on any atom is 0.132 e. The van der Waals surface area contributed by atoms with Crippen molar-refractivity contribution in [2.45, 2.75) is 45.4 Å². The second kappa shape index (κ2) is 7.88. The Balaban J connectivity index is 0.000000181. The van der Waals surface area contributed by atoms with E-state index in [2.05, 4.69) is 6.92 Å². The predicted octanol–water partition coefficient (Wildman–Crippen LogP) is 3.94. The number of benzene rings is 1. The molecule has 1 aromatic carbocycles. The first-order chi connectivity index (χ1) is 8.22. The Kier molecular flexibility index (Phi) is 6.38. The maximum atomic E-state index is 10.8. The van der Waals surface area contributed by atoms with Crippen molar-refractivity contribution in [2.24, 2.45) is 5.92 Å². The van der Waals surface area contributed by atoms with Crippen LogP contribution in [-0.2, 0) is 4.79 Å². The van der Waals surface area contributed by atoms with Gasteiger partial charge in [0.05, 0.1) is 0 Å². The Hall–Kier alpha value is -1.31. The summed E-state index contributed by atoms with van der Waals surface area (Å²) < 4.78 is 0. The summed E-state index contributed by atoms with van der Waals surface area (Å²) >= 11 is 0. The van der Waals surface area contributed by atoms with E-state index < -0.39 is 0 Å². The lowest BCUT2D eigenvalue weighted by atomic mass is 9.86. The monoisotopic (exact) mass is 234 g/mol. The molecule has 1 N–H and O–H groups in total. The number of hydrogen-bond donors (Lipinski definition) is 1. The fourth-order valence-corrected chi connectivity index (χ4v) is 2.12. The third-order valence-corrected chi connectivity index (χ3v) is 3.12.